The third-order valence-corrected chi connectivity index (χ3v) is 2.55. The number of carbonyl (C=O) groups is 4. The number of ether oxygens (including phenoxy) is 6. The maximum atomic E-state index is 10.6. The summed E-state index contributed by atoms with van der Waals surface area (Å²) in [5.74, 6) is -2.02. The highest BCUT2D eigenvalue weighted by atomic mass is 16.6. The van der Waals surface area contributed by atoms with Crippen LogP contribution in [-0.4, -0.2) is 76.7 Å². The first kappa shape index (κ1) is 29.0. The first-order chi connectivity index (χ1) is 14.4. The van der Waals surface area contributed by atoms with Gasteiger partial charge in [0.2, 0.25) is 0 Å². The summed E-state index contributed by atoms with van der Waals surface area (Å²) in [6.45, 7) is 14.7. The summed E-state index contributed by atoms with van der Waals surface area (Å²) in [5.41, 5.74) is 0. The summed E-state index contributed by atoms with van der Waals surface area (Å²) < 4.78 is 28.6. The molecule has 0 aliphatic carbocycles. The summed E-state index contributed by atoms with van der Waals surface area (Å²) in [7, 11) is 0. The molecule has 0 aromatic heterocycles. The second kappa shape index (κ2) is 22.1. The molecule has 0 heterocycles. The molecule has 0 aromatic carbocycles. The zero-order valence-electron chi connectivity index (χ0n) is 16.9. The molecule has 0 rings (SSSR count). The molecule has 10 heteroatoms. The van der Waals surface area contributed by atoms with Gasteiger partial charge in [-0.1, -0.05) is 26.3 Å². The molecular weight excluding hydrogens is 400 g/mol. The van der Waals surface area contributed by atoms with Gasteiger partial charge < -0.3 is 28.4 Å². The van der Waals surface area contributed by atoms with Gasteiger partial charge in [-0.25, -0.2) is 19.2 Å². The minimum atomic E-state index is -0.537. The van der Waals surface area contributed by atoms with Crippen molar-refractivity contribution in [1.82, 2.24) is 0 Å². The highest BCUT2D eigenvalue weighted by molar-refractivity contribution is 5.82. The van der Waals surface area contributed by atoms with E-state index in [1.807, 2.05) is 0 Å². The van der Waals surface area contributed by atoms with Crippen molar-refractivity contribution >= 4 is 23.9 Å². The van der Waals surface area contributed by atoms with Crippen LogP contribution < -0.4 is 0 Å². The average molecular weight is 428 g/mol. The van der Waals surface area contributed by atoms with Crippen LogP contribution in [0.15, 0.2) is 50.6 Å². The van der Waals surface area contributed by atoms with E-state index in [-0.39, 0.29) is 26.4 Å². The Balaban J connectivity index is 0. The zero-order chi connectivity index (χ0) is 23.0. The second-order valence-corrected chi connectivity index (χ2v) is 4.71. The third kappa shape index (κ3) is 22.8. The van der Waals surface area contributed by atoms with Crippen LogP contribution >= 0.6 is 0 Å². The van der Waals surface area contributed by atoms with E-state index in [1.165, 1.54) is 0 Å². The molecule has 0 aromatic rings. The van der Waals surface area contributed by atoms with E-state index in [0.717, 1.165) is 24.3 Å². The summed E-state index contributed by atoms with van der Waals surface area (Å²) in [4.78, 5) is 42.1. The normalized spacial score (nSPS) is 9.07. The van der Waals surface area contributed by atoms with Gasteiger partial charge in [0, 0.05) is 24.3 Å². The van der Waals surface area contributed by atoms with Crippen molar-refractivity contribution in [1.29, 1.82) is 0 Å². The van der Waals surface area contributed by atoms with E-state index >= 15 is 0 Å². The summed E-state index contributed by atoms with van der Waals surface area (Å²) >= 11 is 0. The number of carbonyl (C=O) groups excluding carboxylic acids is 4. The molecule has 0 bridgehead atoms. The first-order valence-corrected chi connectivity index (χ1v) is 8.73. The smallest absolute Gasteiger partial charge is 0.330 e. The molecule has 168 valence electrons. The maximum absolute atomic E-state index is 10.6. The van der Waals surface area contributed by atoms with Crippen LogP contribution in [0, 0.1) is 0 Å². The summed E-state index contributed by atoms with van der Waals surface area (Å²) in [6, 6.07) is 0. The van der Waals surface area contributed by atoms with Gasteiger partial charge in [0.15, 0.2) is 0 Å². The molecule has 0 N–H and O–H groups in total. The van der Waals surface area contributed by atoms with Gasteiger partial charge >= 0.3 is 23.9 Å². The minimum Gasteiger partial charge on any atom is -0.460 e. The lowest BCUT2D eigenvalue weighted by Gasteiger charge is -2.06. The lowest BCUT2D eigenvalue weighted by atomic mass is 10.6. The lowest BCUT2D eigenvalue weighted by molar-refractivity contribution is -0.146. The van der Waals surface area contributed by atoms with Crippen LogP contribution in [0.4, 0.5) is 0 Å². The Kier molecular flexibility index (Phi) is 21.3. The quantitative estimate of drug-likeness (QED) is 0.152. The van der Waals surface area contributed by atoms with Gasteiger partial charge in [0.1, 0.15) is 26.4 Å². The van der Waals surface area contributed by atoms with Crippen molar-refractivity contribution in [2.24, 2.45) is 0 Å². The topological polar surface area (TPSA) is 124 Å². The number of hydrogen-bond donors (Lipinski definition) is 0. The number of esters is 4. The van der Waals surface area contributed by atoms with Crippen molar-refractivity contribution in [2.75, 3.05) is 52.9 Å². The Bertz CT molecular complexity index is 518. The first-order valence-electron chi connectivity index (χ1n) is 8.73. The SMILES string of the molecule is C=CC(=O)OCCOC(=O)C=C.C=CC(=O)OCCOCCOCCOC(=O)C=C. The molecule has 0 saturated carbocycles. The van der Waals surface area contributed by atoms with E-state index in [1.54, 1.807) is 0 Å². The molecule has 0 saturated heterocycles. The van der Waals surface area contributed by atoms with Gasteiger partial charge in [-0.2, -0.15) is 0 Å². The Hall–Kier alpha value is -3.24. The number of hydrogen-bond acceptors (Lipinski definition) is 10. The zero-order valence-corrected chi connectivity index (χ0v) is 16.9. The molecule has 0 atom stereocenters. The lowest BCUT2D eigenvalue weighted by Crippen LogP contribution is -2.13. The highest BCUT2D eigenvalue weighted by Gasteiger charge is 1.98. The monoisotopic (exact) mass is 428 g/mol. The minimum absolute atomic E-state index is 0.0322. The van der Waals surface area contributed by atoms with Crippen molar-refractivity contribution < 1.29 is 47.6 Å². The summed E-state index contributed by atoms with van der Waals surface area (Å²) in [5, 5.41) is 0. The molecule has 30 heavy (non-hydrogen) atoms. The van der Waals surface area contributed by atoms with Gasteiger partial charge in [0.05, 0.1) is 26.4 Å². The van der Waals surface area contributed by atoms with Crippen molar-refractivity contribution in [3.63, 3.8) is 0 Å². The van der Waals surface area contributed by atoms with Gasteiger partial charge in [0.25, 0.3) is 0 Å². The van der Waals surface area contributed by atoms with Crippen LogP contribution in [0.1, 0.15) is 0 Å². The van der Waals surface area contributed by atoms with Crippen LogP contribution in [0.3, 0.4) is 0 Å². The molecule has 0 aliphatic heterocycles. The Morgan fingerprint density at radius 1 is 0.433 bits per heavy atom. The largest absolute Gasteiger partial charge is 0.460 e. The van der Waals surface area contributed by atoms with E-state index in [4.69, 9.17) is 9.47 Å². The molecule has 0 fully saturated rings. The predicted molar refractivity (Wildman–Crippen MR) is 106 cm³/mol. The Morgan fingerprint density at radius 2 is 0.633 bits per heavy atom. The maximum Gasteiger partial charge on any atom is 0.330 e. The fraction of sp³-hybridized carbons (Fsp3) is 0.400. The van der Waals surface area contributed by atoms with Crippen LogP contribution in [0.2, 0.25) is 0 Å². The molecule has 10 nitrogen and oxygen atoms in total. The molecule has 0 amide bonds. The third-order valence-electron chi connectivity index (χ3n) is 2.55. The molecule has 0 spiro atoms. The van der Waals surface area contributed by atoms with E-state index in [9.17, 15) is 19.2 Å². The molecular formula is C20H28O10. The standard InChI is InChI=1S/C12H18O6.C8H10O4/c1-3-11(13)17-9-7-15-5-6-16-8-10-18-12(14)4-2;1-3-7(9)11-5-6-12-8(10)4-2/h3-4H,1-2,5-10H2;3-4H,1-2,5-6H2. The fourth-order valence-electron chi connectivity index (χ4n) is 1.24. The van der Waals surface area contributed by atoms with Crippen molar-refractivity contribution in [3.8, 4) is 0 Å². The Morgan fingerprint density at radius 3 is 0.867 bits per heavy atom. The summed E-state index contributed by atoms with van der Waals surface area (Å²) in [6.07, 6.45) is 4.26. The molecule has 0 unspecified atom stereocenters. The Labute approximate surface area is 175 Å². The van der Waals surface area contributed by atoms with E-state index in [0.29, 0.717) is 26.4 Å². The van der Waals surface area contributed by atoms with Gasteiger partial charge in [-0.3, -0.25) is 0 Å². The van der Waals surface area contributed by atoms with E-state index < -0.39 is 23.9 Å². The average Bonchev–Trinajstić information content (AvgIpc) is 2.77. The van der Waals surface area contributed by atoms with Gasteiger partial charge in [-0.05, 0) is 0 Å². The van der Waals surface area contributed by atoms with Crippen LogP contribution in [0.5, 0.6) is 0 Å². The van der Waals surface area contributed by atoms with Crippen LogP contribution in [-0.2, 0) is 47.6 Å². The highest BCUT2D eigenvalue weighted by Crippen LogP contribution is 1.85. The van der Waals surface area contributed by atoms with Crippen molar-refractivity contribution in [3.05, 3.63) is 50.6 Å². The number of rotatable bonds is 16. The second-order valence-electron chi connectivity index (χ2n) is 4.71. The predicted octanol–water partition coefficient (Wildman–Crippen LogP) is 0.923. The molecule has 0 aliphatic rings. The van der Waals surface area contributed by atoms with Crippen molar-refractivity contribution in [2.45, 2.75) is 0 Å². The molecule has 0 radical (unpaired) electrons. The van der Waals surface area contributed by atoms with E-state index in [2.05, 4.69) is 45.3 Å². The fourth-order valence-corrected chi connectivity index (χ4v) is 1.24. The van der Waals surface area contributed by atoms with Gasteiger partial charge in [-0.15, -0.1) is 0 Å². The van der Waals surface area contributed by atoms with Crippen LogP contribution in [0.25, 0.3) is 0 Å².